The Morgan fingerprint density at radius 2 is 2.00 bits per heavy atom. The molecule has 0 aliphatic heterocycles. The third-order valence-electron chi connectivity index (χ3n) is 1.79. The van der Waals surface area contributed by atoms with Crippen LogP contribution in [-0.2, 0) is 23.9 Å². The van der Waals surface area contributed by atoms with Crippen LogP contribution >= 0.6 is 0 Å². The molecule has 0 spiro atoms. The molecule has 0 saturated heterocycles. The zero-order valence-corrected chi connectivity index (χ0v) is 11.2. The normalized spacial score (nSPS) is 11.5. The maximum Gasteiger partial charge on any atom is 0.333 e. The summed E-state index contributed by atoms with van der Waals surface area (Å²) < 4.78 is 31.7. The molecule has 0 radical (unpaired) electrons. The van der Waals surface area contributed by atoms with Crippen LogP contribution in [0, 0.1) is 0 Å². The number of carbonyl (C=O) groups excluding carboxylic acids is 1. The Labute approximate surface area is 102 Å². The first kappa shape index (κ1) is 16.1. The molecule has 7 heteroatoms. The fraction of sp³-hybridized carbons (Fsp3) is 0.700. The Morgan fingerprint density at radius 3 is 2.47 bits per heavy atom. The van der Waals surface area contributed by atoms with Gasteiger partial charge in [-0.15, -0.1) is 0 Å². The summed E-state index contributed by atoms with van der Waals surface area (Å²) in [6.45, 7) is 7.05. The third kappa shape index (κ3) is 7.89. The zero-order valence-electron chi connectivity index (χ0n) is 10.4. The monoisotopic (exact) mass is 265 g/mol. The summed E-state index contributed by atoms with van der Waals surface area (Å²) in [4.78, 5) is 11.0. The summed E-state index contributed by atoms with van der Waals surface area (Å²) >= 11 is 0. The highest BCUT2D eigenvalue weighted by Crippen LogP contribution is 1.99. The number of hydrogen-bond acceptors (Lipinski definition) is 6. The molecule has 0 aromatic heterocycles. The van der Waals surface area contributed by atoms with E-state index >= 15 is 0 Å². The van der Waals surface area contributed by atoms with E-state index < -0.39 is 16.1 Å². The largest absolute Gasteiger partial charge is 0.462 e. The molecule has 0 aliphatic carbocycles. The smallest absolute Gasteiger partial charge is 0.333 e. The van der Waals surface area contributed by atoms with E-state index in [9.17, 15) is 13.2 Å². The summed E-state index contributed by atoms with van der Waals surface area (Å²) in [6, 6.07) is 0. The van der Waals surface area contributed by atoms with Crippen LogP contribution in [0.1, 0.15) is 20.3 Å². The lowest BCUT2D eigenvalue weighted by atomic mass is 10.3. The van der Waals surface area contributed by atoms with E-state index in [2.05, 4.69) is 10.9 Å². The van der Waals surface area contributed by atoms with Gasteiger partial charge in [0.05, 0.1) is 12.4 Å². The highest BCUT2D eigenvalue weighted by Gasteiger charge is 2.12. The minimum atomic E-state index is -3.48. The molecule has 0 amide bonds. The van der Waals surface area contributed by atoms with Crippen LogP contribution in [0.25, 0.3) is 0 Å². The Kier molecular flexibility index (Phi) is 7.01. The predicted molar refractivity (Wildman–Crippen MR) is 63.6 cm³/mol. The highest BCUT2D eigenvalue weighted by atomic mass is 32.2. The summed E-state index contributed by atoms with van der Waals surface area (Å²) in [5, 5.41) is 1.20. The molecule has 17 heavy (non-hydrogen) atoms. The van der Waals surface area contributed by atoms with Gasteiger partial charge in [-0.25, -0.2) is 4.79 Å². The van der Waals surface area contributed by atoms with Crippen LogP contribution in [-0.4, -0.2) is 45.4 Å². The van der Waals surface area contributed by atoms with E-state index in [1.807, 2.05) is 0 Å². The maximum atomic E-state index is 11.1. The Hall–Kier alpha value is -0.920. The molecule has 0 saturated carbocycles. The molecule has 0 heterocycles. The third-order valence-corrected chi connectivity index (χ3v) is 2.98. The average Bonchev–Trinajstić information content (AvgIpc) is 2.23. The van der Waals surface area contributed by atoms with Crippen LogP contribution in [0.3, 0.4) is 0 Å². The second-order valence-electron chi connectivity index (χ2n) is 3.54. The van der Waals surface area contributed by atoms with Crippen molar-refractivity contribution < 1.29 is 22.2 Å². The van der Waals surface area contributed by atoms with Crippen molar-refractivity contribution in [3.8, 4) is 0 Å². The first-order chi connectivity index (χ1) is 7.78. The van der Waals surface area contributed by atoms with Crippen molar-refractivity contribution in [1.82, 2.24) is 5.06 Å². The molecule has 6 nitrogen and oxygen atoms in total. The van der Waals surface area contributed by atoms with Crippen molar-refractivity contribution in [3.05, 3.63) is 12.2 Å². The summed E-state index contributed by atoms with van der Waals surface area (Å²) in [7, 11) is -1.97. The maximum absolute atomic E-state index is 11.1. The molecule has 0 aromatic carbocycles. The van der Waals surface area contributed by atoms with Crippen molar-refractivity contribution in [2.75, 3.05) is 26.0 Å². The molecule has 100 valence electrons. The molecular weight excluding hydrogens is 246 g/mol. The van der Waals surface area contributed by atoms with Gasteiger partial charge in [0.1, 0.15) is 0 Å². The van der Waals surface area contributed by atoms with Gasteiger partial charge in [0.25, 0.3) is 10.1 Å². The lowest BCUT2D eigenvalue weighted by Crippen LogP contribution is -2.26. The van der Waals surface area contributed by atoms with Crippen LogP contribution in [0.4, 0.5) is 0 Å². The van der Waals surface area contributed by atoms with Crippen LogP contribution in [0.15, 0.2) is 12.2 Å². The van der Waals surface area contributed by atoms with Crippen molar-refractivity contribution >= 4 is 16.1 Å². The van der Waals surface area contributed by atoms with Crippen LogP contribution < -0.4 is 0 Å². The summed E-state index contributed by atoms with van der Waals surface area (Å²) in [6.07, 6.45) is 0.481. The molecule has 0 aliphatic rings. The number of hydrogen-bond donors (Lipinski definition) is 0. The topological polar surface area (TPSA) is 72.9 Å². The Morgan fingerprint density at radius 1 is 1.41 bits per heavy atom. The second kappa shape index (κ2) is 7.41. The standard InChI is InChI=1S/C10H19NO5S/c1-5-17(13,14)16-11(4)7-6-8-15-10(12)9(2)3/h2,5-8H2,1,3-4H3. The number of ether oxygens (including phenoxy) is 1. The SMILES string of the molecule is C=C(C)C(=O)OCCCN(C)OS(=O)(=O)CC. The van der Waals surface area contributed by atoms with E-state index in [1.165, 1.54) is 19.0 Å². The molecule has 0 unspecified atom stereocenters. The molecule has 0 aromatic rings. The Balaban J connectivity index is 3.76. The predicted octanol–water partition coefficient (Wildman–Crippen LogP) is 0.709. The Bertz CT molecular complexity index is 363. The van der Waals surface area contributed by atoms with E-state index in [0.29, 0.717) is 18.5 Å². The van der Waals surface area contributed by atoms with E-state index in [0.717, 1.165) is 0 Å². The fourth-order valence-corrected chi connectivity index (χ4v) is 1.43. The van der Waals surface area contributed by atoms with Gasteiger partial charge in [0, 0.05) is 19.2 Å². The quantitative estimate of drug-likeness (QED) is 0.278. The number of esters is 1. The first-order valence-electron chi connectivity index (χ1n) is 5.24. The van der Waals surface area contributed by atoms with Gasteiger partial charge in [0.15, 0.2) is 0 Å². The number of hydroxylamine groups is 2. The van der Waals surface area contributed by atoms with Gasteiger partial charge in [-0.2, -0.15) is 17.8 Å². The molecule has 0 bridgehead atoms. The number of rotatable bonds is 8. The van der Waals surface area contributed by atoms with Crippen molar-refractivity contribution in [3.63, 3.8) is 0 Å². The number of nitrogens with zero attached hydrogens (tertiary/aromatic N) is 1. The molecule has 0 N–H and O–H groups in total. The molecule has 0 fully saturated rings. The number of carbonyl (C=O) groups is 1. The van der Waals surface area contributed by atoms with Gasteiger partial charge in [0.2, 0.25) is 0 Å². The lowest BCUT2D eigenvalue weighted by Gasteiger charge is -2.15. The minimum absolute atomic E-state index is 0.0814. The van der Waals surface area contributed by atoms with Crippen molar-refractivity contribution in [2.24, 2.45) is 0 Å². The van der Waals surface area contributed by atoms with Crippen LogP contribution in [0.5, 0.6) is 0 Å². The van der Waals surface area contributed by atoms with Crippen LogP contribution in [0.2, 0.25) is 0 Å². The molecule has 0 atom stereocenters. The van der Waals surface area contributed by atoms with E-state index in [1.54, 1.807) is 6.92 Å². The summed E-state index contributed by atoms with van der Waals surface area (Å²) in [5.74, 6) is -0.531. The second-order valence-corrected chi connectivity index (χ2v) is 5.38. The van der Waals surface area contributed by atoms with Crippen molar-refractivity contribution in [1.29, 1.82) is 0 Å². The molecule has 0 rings (SSSR count). The molecular formula is C10H19NO5S. The van der Waals surface area contributed by atoms with Crippen molar-refractivity contribution in [2.45, 2.75) is 20.3 Å². The average molecular weight is 265 g/mol. The van der Waals surface area contributed by atoms with E-state index in [-0.39, 0.29) is 12.4 Å². The fourth-order valence-electron chi connectivity index (χ4n) is 0.859. The van der Waals surface area contributed by atoms with Gasteiger partial charge in [-0.1, -0.05) is 6.58 Å². The first-order valence-corrected chi connectivity index (χ1v) is 6.82. The zero-order chi connectivity index (χ0) is 13.5. The highest BCUT2D eigenvalue weighted by molar-refractivity contribution is 7.86. The van der Waals surface area contributed by atoms with Gasteiger partial charge in [-0.3, -0.25) is 0 Å². The minimum Gasteiger partial charge on any atom is -0.462 e. The lowest BCUT2D eigenvalue weighted by molar-refractivity contribution is -0.139. The van der Waals surface area contributed by atoms with E-state index in [4.69, 9.17) is 4.74 Å². The summed E-state index contributed by atoms with van der Waals surface area (Å²) in [5.41, 5.74) is 0.336. The van der Waals surface area contributed by atoms with Gasteiger partial charge >= 0.3 is 5.97 Å². The van der Waals surface area contributed by atoms with Gasteiger partial charge in [-0.05, 0) is 20.3 Å². The van der Waals surface area contributed by atoms with Gasteiger partial charge < -0.3 is 4.74 Å².